The van der Waals surface area contributed by atoms with Gasteiger partial charge >= 0.3 is 0 Å². The average Bonchev–Trinajstić information content (AvgIpc) is 1.81. The average molecular weight is 186 g/mol. The Labute approximate surface area is 80.9 Å². The van der Waals surface area contributed by atoms with E-state index in [0.29, 0.717) is 0 Å². The highest BCUT2D eigenvalue weighted by Crippen LogP contribution is 2.31. The first kappa shape index (κ1) is 12.4. The van der Waals surface area contributed by atoms with Crippen molar-refractivity contribution >= 4 is 5.91 Å². The van der Waals surface area contributed by atoms with E-state index in [9.17, 15) is 4.79 Å². The van der Waals surface area contributed by atoms with E-state index in [0.717, 1.165) is 12.8 Å². The fourth-order valence-electron chi connectivity index (χ4n) is 1.68. The molecule has 0 heterocycles. The summed E-state index contributed by atoms with van der Waals surface area (Å²) in [5.41, 5.74) is 10.8. The third kappa shape index (κ3) is 5.64. The van der Waals surface area contributed by atoms with Crippen molar-refractivity contribution in [2.75, 3.05) is 0 Å². The van der Waals surface area contributed by atoms with E-state index in [-0.39, 0.29) is 17.7 Å². The second-order valence-electron chi connectivity index (χ2n) is 4.99. The van der Waals surface area contributed by atoms with Crippen LogP contribution in [-0.2, 0) is 4.79 Å². The third-order valence-corrected chi connectivity index (χ3v) is 2.42. The molecule has 0 aromatic carbocycles. The molecule has 0 fully saturated rings. The summed E-state index contributed by atoms with van der Waals surface area (Å²) in [6.45, 7) is 8.31. The van der Waals surface area contributed by atoms with Crippen LogP contribution < -0.4 is 11.5 Å². The molecule has 0 saturated carbocycles. The van der Waals surface area contributed by atoms with Gasteiger partial charge in [0.25, 0.3) is 0 Å². The molecule has 0 rings (SSSR count). The lowest BCUT2D eigenvalue weighted by molar-refractivity contribution is -0.119. The first-order valence-electron chi connectivity index (χ1n) is 4.76. The highest BCUT2D eigenvalue weighted by atomic mass is 16.1. The third-order valence-electron chi connectivity index (χ3n) is 2.42. The molecule has 0 spiro atoms. The lowest BCUT2D eigenvalue weighted by atomic mass is 9.76. The Hall–Kier alpha value is -0.570. The maximum absolute atomic E-state index is 10.7. The lowest BCUT2D eigenvalue weighted by Crippen LogP contribution is -2.43. The molecule has 0 aromatic rings. The number of hydrogen-bond acceptors (Lipinski definition) is 2. The van der Waals surface area contributed by atoms with Gasteiger partial charge in [-0.05, 0) is 18.8 Å². The van der Waals surface area contributed by atoms with Gasteiger partial charge in [0.05, 0.1) is 0 Å². The molecular weight excluding hydrogens is 164 g/mol. The molecule has 3 heteroatoms. The standard InChI is InChI=1S/C10H22N2O/c1-5-9(2,3)7-10(4,12)6-8(11)13/h5-7,12H2,1-4H3,(H2,11,13). The molecule has 3 nitrogen and oxygen atoms in total. The van der Waals surface area contributed by atoms with E-state index >= 15 is 0 Å². The summed E-state index contributed by atoms with van der Waals surface area (Å²) < 4.78 is 0. The summed E-state index contributed by atoms with van der Waals surface area (Å²) >= 11 is 0. The summed E-state index contributed by atoms with van der Waals surface area (Å²) in [7, 11) is 0. The van der Waals surface area contributed by atoms with Crippen molar-refractivity contribution in [1.29, 1.82) is 0 Å². The topological polar surface area (TPSA) is 69.1 Å². The molecule has 1 atom stereocenters. The first-order chi connectivity index (χ1) is 5.68. The molecule has 0 aliphatic carbocycles. The smallest absolute Gasteiger partial charge is 0.219 e. The number of carbonyl (C=O) groups is 1. The van der Waals surface area contributed by atoms with Gasteiger partial charge in [-0.1, -0.05) is 27.2 Å². The second-order valence-corrected chi connectivity index (χ2v) is 4.99. The van der Waals surface area contributed by atoms with Crippen LogP contribution in [0.2, 0.25) is 0 Å². The molecule has 4 N–H and O–H groups in total. The van der Waals surface area contributed by atoms with Gasteiger partial charge in [0.2, 0.25) is 5.91 Å². The van der Waals surface area contributed by atoms with Crippen molar-refractivity contribution in [3.8, 4) is 0 Å². The fraction of sp³-hybridized carbons (Fsp3) is 0.900. The Kier molecular flexibility index (Phi) is 3.91. The summed E-state index contributed by atoms with van der Waals surface area (Å²) in [4.78, 5) is 10.7. The van der Waals surface area contributed by atoms with E-state index in [1.807, 2.05) is 6.92 Å². The van der Waals surface area contributed by atoms with Crippen molar-refractivity contribution in [2.45, 2.75) is 52.5 Å². The minimum atomic E-state index is -0.467. The van der Waals surface area contributed by atoms with Crippen molar-refractivity contribution in [3.05, 3.63) is 0 Å². The molecular formula is C10H22N2O. The Morgan fingerprint density at radius 2 is 1.77 bits per heavy atom. The molecule has 13 heavy (non-hydrogen) atoms. The number of nitrogens with two attached hydrogens (primary N) is 2. The summed E-state index contributed by atoms with van der Waals surface area (Å²) in [5.74, 6) is -0.322. The van der Waals surface area contributed by atoms with Crippen LogP contribution in [0.3, 0.4) is 0 Å². The Bertz CT molecular complexity index is 185. The zero-order chi connectivity index (χ0) is 10.7. The molecule has 0 aliphatic heterocycles. The molecule has 0 aromatic heterocycles. The molecule has 1 amide bonds. The SMILES string of the molecule is CCC(C)(C)CC(C)(N)CC(N)=O. The molecule has 1 unspecified atom stereocenters. The van der Waals surface area contributed by atoms with E-state index in [4.69, 9.17) is 11.5 Å². The normalized spacial score (nSPS) is 16.7. The van der Waals surface area contributed by atoms with Crippen molar-refractivity contribution < 1.29 is 4.79 Å². The lowest BCUT2D eigenvalue weighted by Gasteiger charge is -2.33. The molecule has 78 valence electrons. The number of primary amides is 1. The summed E-state index contributed by atoms with van der Waals surface area (Å²) in [6.07, 6.45) is 2.13. The summed E-state index contributed by atoms with van der Waals surface area (Å²) in [5, 5.41) is 0. The number of hydrogen-bond donors (Lipinski definition) is 2. The van der Waals surface area contributed by atoms with E-state index in [1.54, 1.807) is 0 Å². The predicted molar refractivity (Wildman–Crippen MR) is 55.1 cm³/mol. The Balaban J connectivity index is 4.24. The molecule has 0 saturated heterocycles. The summed E-state index contributed by atoms with van der Waals surface area (Å²) in [6, 6.07) is 0. The van der Waals surface area contributed by atoms with Gasteiger partial charge in [-0.3, -0.25) is 4.79 Å². The molecule has 0 radical (unpaired) electrons. The highest BCUT2D eigenvalue weighted by Gasteiger charge is 2.29. The van der Waals surface area contributed by atoms with Gasteiger partial charge in [0.1, 0.15) is 0 Å². The van der Waals surface area contributed by atoms with Crippen molar-refractivity contribution in [1.82, 2.24) is 0 Å². The van der Waals surface area contributed by atoms with Gasteiger partial charge in [-0.25, -0.2) is 0 Å². The highest BCUT2D eigenvalue weighted by molar-refractivity contribution is 5.75. The van der Waals surface area contributed by atoms with Crippen LogP contribution >= 0.6 is 0 Å². The molecule has 0 aliphatic rings. The van der Waals surface area contributed by atoms with Gasteiger partial charge in [-0.15, -0.1) is 0 Å². The van der Waals surface area contributed by atoms with E-state index in [1.165, 1.54) is 0 Å². The second kappa shape index (κ2) is 4.09. The Morgan fingerprint density at radius 3 is 2.08 bits per heavy atom. The Morgan fingerprint density at radius 1 is 1.31 bits per heavy atom. The van der Waals surface area contributed by atoms with Gasteiger partial charge in [0.15, 0.2) is 0 Å². The van der Waals surface area contributed by atoms with Crippen LogP contribution in [0.25, 0.3) is 0 Å². The zero-order valence-electron chi connectivity index (χ0n) is 9.18. The first-order valence-corrected chi connectivity index (χ1v) is 4.76. The number of carbonyl (C=O) groups excluding carboxylic acids is 1. The van der Waals surface area contributed by atoms with Gasteiger partial charge in [-0.2, -0.15) is 0 Å². The maximum atomic E-state index is 10.7. The van der Waals surface area contributed by atoms with Gasteiger partial charge in [0, 0.05) is 12.0 Å². The van der Waals surface area contributed by atoms with Crippen LogP contribution in [0.15, 0.2) is 0 Å². The quantitative estimate of drug-likeness (QED) is 0.681. The van der Waals surface area contributed by atoms with Crippen LogP contribution in [0, 0.1) is 5.41 Å². The van der Waals surface area contributed by atoms with E-state index < -0.39 is 5.54 Å². The monoisotopic (exact) mass is 186 g/mol. The minimum Gasteiger partial charge on any atom is -0.370 e. The van der Waals surface area contributed by atoms with Crippen LogP contribution in [0.1, 0.15) is 47.0 Å². The van der Waals surface area contributed by atoms with Crippen molar-refractivity contribution in [3.63, 3.8) is 0 Å². The largest absolute Gasteiger partial charge is 0.370 e. The maximum Gasteiger partial charge on any atom is 0.219 e. The van der Waals surface area contributed by atoms with Crippen LogP contribution in [0.5, 0.6) is 0 Å². The van der Waals surface area contributed by atoms with Crippen molar-refractivity contribution in [2.24, 2.45) is 16.9 Å². The van der Waals surface area contributed by atoms with Gasteiger partial charge < -0.3 is 11.5 Å². The zero-order valence-corrected chi connectivity index (χ0v) is 9.18. The van der Waals surface area contributed by atoms with E-state index in [2.05, 4.69) is 20.8 Å². The number of rotatable bonds is 5. The minimum absolute atomic E-state index is 0.180. The predicted octanol–water partition coefficient (Wildman–Crippen LogP) is 1.41. The van der Waals surface area contributed by atoms with Crippen LogP contribution in [0.4, 0.5) is 0 Å². The number of amides is 1. The molecule has 0 bridgehead atoms. The fourth-order valence-corrected chi connectivity index (χ4v) is 1.68. The van der Waals surface area contributed by atoms with Crippen LogP contribution in [-0.4, -0.2) is 11.4 Å².